The third-order valence-corrected chi connectivity index (χ3v) is 5.32. The first kappa shape index (κ1) is 18.2. The molecule has 0 aliphatic carbocycles. The molecule has 0 bridgehead atoms. The average molecular weight is 375 g/mol. The smallest absolute Gasteiger partial charge is 0.253 e. The normalized spacial score (nSPS) is 14.4. The number of carbonyl (C=O) groups excluding carboxylic acids is 1. The largest absolute Gasteiger partial charge is 0.353 e. The van der Waals surface area contributed by atoms with E-state index in [4.69, 9.17) is 0 Å². The summed E-state index contributed by atoms with van der Waals surface area (Å²) in [5, 5.41) is 0. The van der Waals surface area contributed by atoms with Gasteiger partial charge in [-0.15, -0.1) is 0 Å². The Kier molecular flexibility index (Phi) is 4.86. The van der Waals surface area contributed by atoms with Crippen molar-refractivity contribution in [1.82, 2.24) is 19.4 Å². The number of anilines is 1. The molecular formula is C22H25N5O. The number of hydrogen-bond acceptors (Lipinski definition) is 4. The summed E-state index contributed by atoms with van der Waals surface area (Å²) in [5.74, 6) is 2.63. The maximum absolute atomic E-state index is 12.8. The molecule has 0 saturated carbocycles. The summed E-state index contributed by atoms with van der Waals surface area (Å²) in [6.45, 7) is 8.92. The highest BCUT2D eigenvalue weighted by atomic mass is 16.2. The number of amides is 1. The summed E-state index contributed by atoms with van der Waals surface area (Å²) in [4.78, 5) is 26.2. The van der Waals surface area contributed by atoms with Crippen LogP contribution in [0.2, 0.25) is 0 Å². The van der Waals surface area contributed by atoms with Crippen LogP contribution < -0.4 is 4.90 Å². The lowest BCUT2D eigenvalue weighted by molar-refractivity contribution is 0.0746. The number of aryl methyl sites for hydroxylation is 3. The van der Waals surface area contributed by atoms with Gasteiger partial charge in [-0.1, -0.05) is 6.07 Å². The van der Waals surface area contributed by atoms with Crippen LogP contribution in [0, 0.1) is 20.8 Å². The van der Waals surface area contributed by atoms with Gasteiger partial charge in [0.1, 0.15) is 17.5 Å². The predicted molar refractivity (Wildman–Crippen MR) is 110 cm³/mol. The fourth-order valence-electron chi connectivity index (χ4n) is 3.51. The van der Waals surface area contributed by atoms with Crippen molar-refractivity contribution in [3.05, 3.63) is 71.3 Å². The quantitative estimate of drug-likeness (QED) is 0.706. The Labute approximate surface area is 165 Å². The highest BCUT2D eigenvalue weighted by molar-refractivity contribution is 5.94. The van der Waals surface area contributed by atoms with E-state index in [0.717, 1.165) is 41.7 Å². The van der Waals surface area contributed by atoms with Crippen molar-refractivity contribution in [2.24, 2.45) is 0 Å². The van der Waals surface area contributed by atoms with Gasteiger partial charge in [0.25, 0.3) is 5.91 Å². The second-order valence-corrected chi connectivity index (χ2v) is 7.30. The summed E-state index contributed by atoms with van der Waals surface area (Å²) in [5.41, 5.74) is 3.13. The number of nitrogens with zero attached hydrogens (tertiary/aromatic N) is 5. The minimum atomic E-state index is 0.106. The molecule has 6 nitrogen and oxygen atoms in total. The van der Waals surface area contributed by atoms with Crippen LogP contribution in [0.3, 0.4) is 0 Å². The van der Waals surface area contributed by atoms with Crippen LogP contribution in [0.4, 0.5) is 5.82 Å². The first-order valence-corrected chi connectivity index (χ1v) is 9.62. The molecular weight excluding hydrogens is 350 g/mol. The Hall–Kier alpha value is -3.15. The van der Waals surface area contributed by atoms with E-state index < -0.39 is 0 Å². The van der Waals surface area contributed by atoms with E-state index >= 15 is 0 Å². The number of hydrogen-bond donors (Lipinski definition) is 0. The molecule has 1 aromatic carbocycles. The van der Waals surface area contributed by atoms with Crippen LogP contribution in [0.25, 0.3) is 5.82 Å². The van der Waals surface area contributed by atoms with E-state index in [1.165, 1.54) is 5.56 Å². The summed E-state index contributed by atoms with van der Waals surface area (Å²) in [6.07, 6.45) is 3.96. The van der Waals surface area contributed by atoms with Crippen molar-refractivity contribution in [1.29, 1.82) is 0 Å². The number of rotatable bonds is 3. The van der Waals surface area contributed by atoms with Crippen LogP contribution >= 0.6 is 0 Å². The summed E-state index contributed by atoms with van der Waals surface area (Å²) in [6, 6.07) is 11.9. The summed E-state index contributed by atoms with van der Waals surface area (Å²) >= 11 is 0. The molecule has 1 aliphatic rings. The molecule has 3 aromatic rings. The van der Waals surface area contributed by atoms with Gasteiger partial charge in [-0.3, -0.25) is 4.79 Å². The third-order valence-electron chi connectivity index (χ3n) is 5.32. The lowest BCUT2D eigenvalue weighted by Crippen LogP contribution is -2.49. The SMILES string of the molecule is Cc1nc(N2CCN(C(=O)c3ccc(C)c(C)c3)CC2)cc(-n2cccc2)n1. The number of piperazine rings is 1. The molecule has 2 aromatic heterocycles. The second kappa shape index (κ2) is 7.46. The van der Waals surface area contributed by atoms with Crippen molar-refractivity contribution in [3.63, 3.8) is 0 Å². The van der Waals surface area contributed by atoms with Crippen molar-refractivity contribution in [2.45, 2.75) is 20.8 Å². The first-order chi connectivity index (χ1) is 13.5. The highest BCUT2D eigenvalue weighted by Gasteiger charge is 2.23. The molecule has 1 fully saturated rings. The van der Waals surface area contributed by atoms with Crippen LogP contribution in [0.1, 0.15) is 27.3 Å². The van der Waals surface area contributed by atoms with E-state index in [9.17, 15) is 4.79 Å². The van der Waals surface area contributed by atoms with Crippen molar-refractivity contribution in [2.75, 3.05) is 31.1 Å². The van der Waals surface area contributed by atoms with Crippen LogP contribution in [0.15, 0.2) is 48.8 Å². The molecule has 1 aliphatic heterocycles. The van der Waals surface area contributed by atoms with E-state index in [-0.39, 0.29) is 5.91 Å². The zero-order valence-corrected chi connectivity index (χ0v) is 16.6. The second-order valence-electron chi connectivity index (χ2n) is 7.30. The minimum Gasteiger partial charge on any atom is -0.353 e. The Morgan fingerprint density at radius 1 is 0.857 bits per heavy atom. The molecule has 0 radical (unpaired) electrons. The maximum atomic E-state index is 12.8. The number of benzene rings is 1. The van der Waals surface area contributed by atoms with E-state index in [0.29, 0.717) is 13.1 Å². The van der Waals surface area contributed by atoms with Crippen LogP contribution in [-0.2, 0) is 0 Å². The standard InChI is InChI=1S/C22H25N5O/c1-16-6-7-19(14-17(16)2)22(28)27-12-10-26(11-13-27)21-15-20(23-18(3)24-21)25-8-4-5-9-25/h4-9,14-15H,10-13H2,1-3H3. The zero-order valence-electron chi connectivity index (χ0n) is 16.6. The minimum absolute atomic E-state index is 0.106. The first-order valence-electron chi connectivity index (χ1n) is 9.62. The molecule has 0 spiro atoms. The Morgan fingerprint density at radius 2 is 1.54 bits per heavy atom. The van der Waals surface area contributed by atoms with Gasteiger partial charge in [0.2, 0.25) is 0 Å². The molecule has 0 N–H and O–H groups in total. The van der Waals surface area contributed by atoms with Gasteiger partial charge >= 0.3 is 0 Å². The van der Waals surface area contributed by atoms with Crippen molar-refractivity contribution in [3.8, 4) is 5.82 Å². The monoisotopic (exact) mass is 375 g/mol. The molecule has 6 heteroatoms. The maximum Gasteiger partial charge on any atom is 0.253 e. The van der Waals surface area contributed by atoms with Gasteiger partial charge in [-0.25, -0.2) is 9.97 Å². The molecule has 1 saturated heterocycles. The molecule has 28 heavy (non-hydrogen) atoms. The van der Waals surface area contributed by atoms with Gasteiger partial charge < -0.3 is 14.4 Å². The lowest BCUT2D eigenvalue weighted by Gasteiger charge is -2.35. The fourth-order valence-corrected chi connectivity index (χ4v) is 3.51. The van der Waals surface area contributed by atoms with Gasteiger partial charge in [-0.05, 0) is 56.2 Å². The fraction of sp³-hybridized carbons (Fsp3) is 0.318. The topological polar surface area (TPSA) is 54.3 Å². The van der Waals surface area contributed by atoms with Crippen molar-refractivity contribution >= 4 is 11.7 Å². The third kappa shape index (κ3) is 3.63. The predicted octanol–water partition coefficient (Wildman–Crippen LogP) is 3.15. The van der Waals surface area contributed by atoms with Crippen LogP contribution in [0.5, 0.6) is 0 Å². The zero-order chi connectivity index (χ0) is 19.7. The number of carbonyl (C=O) groups is 1. The Balaban J connectivity index is 1.47. The van der Waals surface area contributed by atoms with Gasteiger partial charge in [0.05, 0.1) is 0 Å². The van der Waals surface area contributed by atoms with Crippen molar-refractivity contribution < 1.29 is 4.79 Å². The van der Waals surface area contributed by atoms with E-state index in [2.05, 4.69) is 21.8 Å². The van der Waals surface area contributed by atoms with Crippen LogP contribution in [-0.4, -0.2) is 51.5 Å². The van der Waals surface area contributed by atoms with E-state index in [1.54, 1.807) is 0 Å². The number of aromatic nitrogens is 3. The lowest BCUT2D eigenvalue weighted by atomic mass is 10.1. The molecule has 4 rings (SSSR count). The Morgan fingerprint density at radius 3 is 2.21 bits per heavy atom. The molecule has 1 amide bonds. The van der Waals surface area contributed by atoms with Gasteiger partial charge in [0, 0.05) is 50.2 Å². The summed E-state index contributed by atoms with van der Waals surface area (Å²) < 4.78 is 1.98. The highest BCUT2D eigenvalue weighted by Crippen LogP contribution is 2.19. The molecule has 144 valence electrons. The molecule has 0 unspecified atom stereocenters. The summed E-state index contributed by atoms with van der Waals surface area (Å²) in [7, 11) is 0. The van der Waals surface area contributed by atoms with Gasteiger partial charge in [-0.2, -0.15) is 0 Å². The Bertz CT molecular complexity index is 988. The van der Waals surface area contributed by atoms with Gasteiger partial charge in [0.15, 0.2) is 0 Å². The molecule has 3 heterocycles. The van der Waals surface area contributed by atoms with E-state index in [1.807, 2.05) is 72.1 Å². The molecule has 0 atom stereocenters. The average Bonchev–Trinajstić information content (AvgIpc) is 3.24.